The molecule has 22 heavy (non-hydrogen) atoms. The van der Waals surface area contributed by atoms with Gasteiger partial charge in [0.05, 0.1) is 29.2 Å². The second-order valence-electron chi connectivity index (χ2n) is 5.38. The first-order valence-electron chi connectivity index (χ1n) is 7.35. The second-order valence-corrected chi connectivity index (χ2v) is 5.82. The summed E-state index contributed by atoms with van der Waals surface area (Å²) in [6, 6.07) is 7.38. The molecule has 0 aliphatic carbocycles. The van der Waals surface area contributed by atoms with E-state index in [1.807, 2.05) is 25.1 Å². The van der Waals surface area contributed by atoms with Gasteiger partial charge in [0.1, 0.15) is 0 Å². The van der Waals surface area contributed by atoms with Crippen molar-refractivity contribution >= 4 is 17.5 Å². The Morgan fingerprint density at radius 3 is 3.14 bits per heavy atom. The van der Waals surface area contributed by atoms with E-state index in [2.05, 4.69) is 10.4 Å². The molecule has 0 bridgehead atoms. The molecule has 1 fully saturated rings. The number of ether oxygens (including phenoxy) is 1. The van der Waals surface area contributed by atoms with Crippen LogP contribution in [0.1, 0.15) is 28.9 Å². The van der Waals surface area contributed by atoms with E-state index < -0.39 is 0 Å². The summed E-state index contributed by atoms with van der Waals surface area (Å²) in [5.74, 6) is -0.124. The minimum absolute atomic E-state index is 0.124. The number of nitrogens with zero attached hydrogens (tertiary/aromatic N) is 2. The Balaban J connectivity index is 1.73. The van der Waals surface area contributed by atoms with Gasteiger partial charge in [-0.1, -0.05) is 17.7 Å². The molecule has 1 aromatic heterocycles. The molecule has 2 heterocycles. The number of amides is 1. The quantitative estimate of drug-likeness (QED) is 0.942. The standard InChI is InChI=1S/C16H18ClN3O2/c1-11-15(16(21)18-9-14-6-3-7-22-14)10-19-20(11)13-5-2-4-12(17)8-13/h2,4-5,8,10,14H,3,6-7,9H2,1H3,(H,18,21). The van der Waals surface area contributed by atoms with Gasteiger partial charge in [-0.25, -0.2) is 4.68 Å². The van der Waals surface area contributed by atoms with E-state index in [1.165, 1.54) is 0 Å². The predicted octanol–water partition coefficient (Wildman–Crippen LogP) is 2.74. The number of carbonyl (C=O) groups is 1. The molecule has 1 aromatic carbocycles. The molecule has 1 N–H and O–H groups in total. The van der Waals surface area contributed by atoms with Gasteiger partial charge in [-0.05, 0) is 38.0 Å². The fourth-order valence-corrected chi connectivity index (χ4v) is 2.79. The first-order valence-corrected chi connectivity index (χ1v) is 7.73. The molecular weight excluding hydrogens is 302 g/mol. The van der Waals surface area contributed by atoms with Crippen LogP contribution in [0.4, 0.5) is 0 Å². The first-order chi connectivity index (χ1) is 10.6. The number of nitrogens with one attached hydrogen (secondary N) is 1. The average molecular weight is 320 g/mol. The van der Waals surface area contributed by atoms with Crippen LogP contribution in [0.3, 0.4) is 0 Å². The third kappa shape index (κ3) is 3.15. The Morgan fingerprint density at radius 2 is 2.41 bits per heavy atom. The summed E-state index contributed by atoms with van der Waals surface area (Å²) in [6.45, 7) is 3.20. The van der Waals surface area contributed by atoms with Crippen molar-refractivity contribution in [2.24, 2.45) is 0 Å². The molecule has 116 valence electrons. The van der Waals surface area contributed by atoms with Crippen molar-refractivity contribution in [1.29, 1.82) is 0 Å². The lowest BCUT2D eigenvalue weighted by Crippen LogP contribution is -2.32. The van der Waals surface area contributed by atoms with Crippen molar-refractivity contribution in [3.05, 3.63) is 46.7 Å². The van der Waals surface area contributed by atoms with Crippen molar-refractivity contribution < 1.29 is 9.53 Å². The van der Waals surface area contributed by atoms with E-state index in [1.54, 1.807) is 16.9 Å². The molecule has 1 aliphatic heterocycles. The lowest BCUT2D eigenvalue weighted by Gasteiger charge is -2.10. The van der Waals surface area contributed by atoms with Crippen LogP contribution < -0.4 is 5.32 Å². The highest BCUT2D eigenvalue weighted by Crippen LogP contribution is 2.18. The van der Waals surface area contributed by atoms with Gasteiger partial charge >= 0.3 is 0 Å². The van der Waals surface area contributed by atoms with Crippen LogP contribution in [-0.4, -0.2) is 34.9 Å². The summed E-state index contributed by atoms with van der Waals surface area (Å²) >= 11 is 6.00. The molecule has 1 atom stereocenters. The molecule has 1 saturated heterocycles. The smallest absolute Gasteiger partial charge is 0.254 e. The number of benzene rings is 1. The highest BCUT2D eigenvalue weighted by Gasteiger charge is 2.19. The highest BCUT2D eigenvalue weighted by atomic mass is 35.5. The molecular formula is C16H18ClN3O2. The summed E-state index contributed by atoms with van der Waals surface area (Å²) in [4.78, 5) is 12.3. The number of halogens is 1. The fraction of sp³-hybridized carbons (Fsp3) is 0.375. The molecule has 2 aromatic rings. The normalized spacial score (nSPS) is 17.6. The zero-order valence-corrected chi connectivity index (χ0v) is 13.1. The van der Waals surface area contributed by atoms with E-state index in [0.29, 0.717) is 17.1 Å². The molecule has 6 heteroatoms. The van der Waals surface area contributed by atoms with Crippen LogP contribution in [0, 0.1) is 6.92 Å². The summed E-state index contributed by atoms with van der Waals surface area (Å²) < 4.78 is 7.22. The molecule has 1 amide bonds. The summed E-state index contributed by atoms with van der Waals surface area (Å²) in [5, 5.41) is 7.84. The Labute approximate surface area is 134 Å². The SMILES string of the molecule is Cc1c(C(=O)NCC2CCCO2)cnn1-c1cccc(Cl)c1. The van der Waals surface area contributed by atoms with Crippen LogP contribution in [0.15, 0.2) is 30.5 Å². The number of hydrogen-bond acceptors (Lipinski definition) is 3. The van der Waals surface area contributed by atoms with Crippen molar-refractivity contribution in [1.82, 2.24) is 15.1 Å². The van der Waals surface area contributed by atoms with Crippen LogP contribution in [0.2, 0.25) is 5.02 Å². The lowest BCUT2D eigenvalue weighted by molar-refractivity contribution is 0.0857. The number of rotatable bonds is 4. The maximum Gasteiger partial charge on any atom is 0.254 e. The van der Waals surface area contributed by atoms with E-state index in [0.717, 1.165) is 30.8 Å². The topological polar surface area (TPSA) is 56.1 Å². The van der Waals surface area contributed by atoms with Crippen molar-refractivity contribution in [2.45, 2.75) is 25.9 Å². The minimum atomic E-state index is -0.124. The number of hydrogen-bond donors (Lipinski definition) is 1. The lowest BCUT2D eigenvalue weighted by atomic mass is 10.2. The molecule has 1 unspecified atom stereocenters. The van der Waals surface area contributed by atoms with Gasteiger partial charge < -0.3 is 10.1 Å². The Morgan fingerprint density at radius 1 is 1.55 bits per heavy atom. The third-order valence-corrected chi connectivity index (χ3v) is 4.06. The van der Waals surface area contributed by atoms with Gasteiger partial charge in [0.2, 0.25) is 0 Å². The van der Waals surface area contributed by atoms with Crippen LogP contribution in [0.5, 0.6) is 0 Å². The molecule has 0 spiro atoms. The monoisotopic (exact) mass is 319 g/mol. The van der Waals surface area contributed by atoms with E-state index >= 15 is 0 Å². The minimum Gasteiger partial charge on any atom is -0.376 e. The molecule has 0 radical (unpaired) electrons. The van der Waals surface area contributed by atoms with Crippen LogP contribution in [-0.2, 0) is 4.74 Å². The third-order valence-electron chi connectivity index (χ3n) is 3.82. The summed E-state index contributed by atoms with van der Waals surface area (Å²) in [5.41, 5.74) is 2.19. The van der Waals surface area contributed by atoms with E-state index in [-0.39, 0.29) is 12.0 Å². The van der Waals surface area contributed by atoms with Gasteiger partial charge in [0.25, 0.3) is 5.91 Å². The predicted molar refractivity (Wildman–Crippen MR) is 84.6 cm³/mol. The summed E-state index contributed by atoms with van der Waals surface area (Å²) in [7, 11) is 0. The zero-order chi connectivity index (χ0) is 15.5. The number of aromatic nitrogens is 2. The summed E-state index contributed by atoms with van der Waals surface area (Å²) in [6.07, 6.45) is 3.78. The largest absolute Gasteiger partial charge is 0.376 e. The zero-order valence-electron chi connectivity index (χ0n) is 12.4. The first kappa shape index (κ1) is 15.1. The maximum atomic E-state index is 12.3. The van der Waals surface area contributed by atoms with Crippen LogP contribution >= 0.6 is 11.6 Å². The van der Waals surface area contributed by atoms with Crippen molar-refractivity contribution in [3.8, 4) is 5.69 Å². The van der Waals surface area contributed by atoms with E-state index in [4.69, 9.17) is 16.3 Å². The highest BCUT2D eigenvalue weighted by molar-refractivity contribution is 6.30. The Hall–Kier alpha value is -1.85. The molecule has 1 aliphatic rings. The fourth-order valence-electron chi connectivity index (χ4n) is 2.61. The molecule has 3 rings (SSSR count). The Bertz CT molecular complexity index is 678. The van der Waals surface area contributed by atoms with E-state index in [9.17, 15) is 4.79 Å². The molecule has 0 saturated carbocycles. The van der Waals surface area contributed by atoms with Crippen molar-refractivity contribution in [3.63, 3.8) is 0 Å². The van der Waals surface area contributed by atoms with Crippen LogP contribution in [0.25, 0.3) is 5.69 Å². The second kappa shape index (κ2) is 6.50. The van der Waals surface area contributed by atoms with Gasteiger partial charge in [-0.15, -0.1) is 0 Å². The maximum absolute atomic E-state index is 12.3. The number of carbonyl (C=O) groups excluding carboxylic acids is 1. The van der Waals surface area contributed by atoms with Gasteiger partial charge in [-0.3, -0.25) is 4.79 Å². The van der Waals surface area contributed by atoms with Gasteiger partial charge in [-0.2, -0.15) is 5.10 Å². The molecule has 5 nitrogen and oxygen atoms in total. The van der Waals surface area contributed by atoms with Crippen molar-refractivity contribution in [2.75, 3.05) is 13.2 Å². The van der Waals surface area contributed by atoms with Gasteiger partial charge in [0, 0.05) is 18.2 Å². The Kier molecular flexibility index (Phi) is 4.45. The van der Waals surface area contributed by atoms with Gasteiger partial charge in [0.15, 0.2) is 0 Å². The average Bonchev–Trinajstić information content (AvgIpc) is 3.14.